The maximum atomic E-state index is 14.0. The Hall–Kier alpha value is -3.87. The number of aryl methyl sites for hydroxylation is 1. The molecule has 4 heterocycles. The predicted molar refractivity (Wildman–Crippen MR) is 148 cm³/mol. The number of nitrogens with zero attached hydrogens (tertiary/aromatic N) is 2. The molecule has 0 radical (unpaired) electrons. The van der Waals surface area contributed by atoms with Crippen molar-refractivity contribution < 1.29 is 19.2 Å². The molecule has 6 N–H and O–H groups in total. The monoisotopic (exact) mass is 548 g/mol. The van der Waals surface area contributed by atoms with Crippen molar-refractivity contribution in [2.75, 3.05) is 18.0 Å². The van der Waals surface area contributed by atoms with Crippen LogP contribution in [-0.4, -0.2) is 65.9 Å². The lowest BCUT2D eigenvalue weighted by atomic mass is 9.97. The van der Waals surface area contributed by atoms with Gasteiger partial charge in [0.25, 0.3) is 5.91 Å². The van der Waals surface area contributed by atoms with E-state index in [0.29, 0.717) is 38.8 Å². The summed E-state index contributed by atoms with van der Waals surface area (Å²) in [5.41, 5.74) is 11.7. The molecule has 2 aromatic rings. The van der Waals surface area contributed by atoms with Crippen LogP contribution in [0.5, 0.6) is 0 Å². The Kier molecular flexibility index (Phi) is 8.38. The van der Waals surface area contributed by atoms with Gasteiger partial charge >= 0.3 is 0 Å². The summed E-state index contributed by atoms with van der Waals surface area (Å²) in [4.78, 5) is 59.4. The van der Waals surface area contributed by atoms with Crippen molar-refractivity contribution in [3.8, 4) is 0 Å². The summed E-state index contributed by atoms with van der Waals surface area (Å²) in [6.07, 6.45) is 3.53. The van der Waals surface area contributed by atoms with Gasteiger partial charge in [-0.1, -0.05) is 44.5 Å². The highest BCUT2D eigenvalue weighted by atomic mass is 16.2. The van der Waals surface area contributed by atoms with Gasteiger partial charge in [-0.2, -0.15) is 5.53 Å². The predicted octanol–water partition coefficient (Wildman–Crippen LogP) is -0.288. The quantitative estimate of drug-likeness (QED) is 0.250. The molecule has 5 atom stereocenters. The minimum Gasteiger partial charge on any atom is -0.353 e. The summed E-state index contributed by atoms with van der Waals surface area (Å²) >= 11 is 0. The van der Waals surface area contributed by atoms with E-state index in [9.17, 15) is 19.2 Å². The maximum absolute atomic E-state index is 14.0. The molecule has 5 rings (SSSR count). The molecule has 212 valence electrons. The van der Waals surface area contributed by atoms with Gasteiger partial charge in [-0.15, -0.1) is 0 Å². The summed E-state index contributed by atoms with van der Waals surface area (Å²) < 4.78 is 0. The first-order valence-electron chi connectivity index (χ1n) is 13.8. The third kappa shape index (κ3) is 5.69. The van der Waals surface area contributed by atoms with Crippen LogP contribution in [0.3, 0.4) is 0 Å². The standard InChI is InChI=1S/C28H36N8O4/c1-3-16(2)23(33-25(37)20-9-4-5-12-29-20)27(39)32-21-11-10-17-7-6-8-18-13-22(36(24(17)18)28(21)40)26(38)30-14-19-15-31-35-34-19/h4-9,12,16,19,21-23,31,34-35H,3,10-11,13-15H2,1-2H3,(H,30,38)(H,32,39)(H,33,37)/t16-,19?,21-,22-,23-/m0/s1. The lowest BCUT2D eigenvalue weighted by molar-refractivity contribution is -0.130. The van der Waals surface area contributed by atoms with Crippen molar-refractivity contribution in [2.45, 2.75) is 63.7 Å². The van der Waals surface area contributed by atoms with Gasteiger partial charge in [0.1, 0.15) is 23.8 Å². The molecule has 0 aliphatic carbocycles. The number of carbonyl (C=O) groups is 4. The fourth-order valence-electron chi connectivity index (χ4n) is 5.49. The number of anilines is 1. The van der Waals surface area contributed by atoms with Crippen molar-refractivity contribution in [2.24, 2.45) is 5.92 Å². The molecule has 0 spiro atoms. The van der Waals surface area contributed by atoms with Gasteiger partial charge in [-0.25, -0.2) is 10.9 Å². The van der Waals surface area contributed by atoms with E-state index >= 15 is 0 Å². The van der Waals surface area contributed by atoms with E-state index < -0.39 is 29.9 Å². The SMILES string of the molecule is CC[C@H](C)[C@H](NC(=O)c1ccccn1)C(=O)N[C@H]1CCc2cccc3c2N(C1=O)[C@H](C(=O)NCC1CNNN1)C3. The van der Waals surface area contributed by atoms with Gasteiger partial charge in [0.2, 0.25) is 17.7 Å². The van der Waals surface area contributed by atoms with E-state index in [-0.39, 0.29) is 29.5 Å². The molecule has 1 fully saturated rings. The molecular weight excluding hydrogens is 512 g/mol. The molecule has 3 aliphatic heterocycles. The van der Waals surface area contributed by atoms with Gasteiger partial charge in [0.05, 0.1) is 11.7 Å². The first-order valence-corrected chi connectivity index (χ1v) is 13.8. The Bertz CT molecular complexity index is 1270. The molecule has 1 unspecified atom stereocenters. The van der Waals surface area contributed by atoms with Crippen molar-refractivity contribution in [1.29, 1.82) is 0 Å². The highest BCUT2D eigenvalue weighted by Crippen LogP contribution is 2.39. The van der Waals surface area contributed by atoms with Crippen LogP contribution in [0.15, 0.2) is 42.6 Å². The second kappa shape index (κ2) is 12.1. The smallest absolute Gasteiger partial charge is 0.270 e. The minimum atomic E-state index is -0.854. The van der Waals surface area contributed by atoms with Gasteiger partial charge < -0.3 is 16.0 Å². The Morgan fingerprint density at radius 3 is 2.70 bits per heavy atom. The Morgan fingerprint density at radius 1 is 1.15 bits per heavy atom. The number of amides is 4. The van der Waals surface area contributed by atoms with Gasteiger partial charge in [0, 0.05) is 25.7 Å². The number of para-hydroxylation sites is 1. The first kappa shape index (κ1) is 27.7. The second-order valence-corrected chi connectivity index (χ2v) is 10.6. The normalized spacial score (nSPS) is 23.1. The number of hydrogen-bond donors (Lipinski definition) is 6. The molecule has 1 saturated heterocycles. The van der Waals surface area contributed by atoms with E-state index in [4.69, 9.17) is 0 Å². The molecule has 0 bridgehead atoms. The number of benzene rings is 1. The number of aromatic nitrogens is 1. The molecule has 1 aromatic heterocycles. The maximum Gasteiger partial charge on any atom is 0.270 e. The molecule has 1 aromatic carbocycles. The van der Waals surface area contributed by atoms with Crippen LogP contribution in [0, 0.1) is 5.92 Å². The molecule has 4 amide bonds. The highest BCUT2D eigenvalue weighted by molar-refractivity contribution is 6.08. The number of rotatable bonds is 9. The summed E-state index contributed by atoms with van der Waals surface area (Å²) in [5.74, 6) is -1.63. The van der Waals surface area contributed by atoms with Crippen LogP contribution in [0.4, 0.5) is 5.69 Å². The van der Waals surface area contributed by atoms with Gasteiger partial charge in [0.15, 0.2) is 0 Å². The Morgan fingerprint density at radius 2 is 1.98 bits per heavy atom. The third-order valence-corrected chi connectivity index (χ3v) is 7.94. The Labute approximate surface area is 233 Å². The number of hydrogen-bond acceptors (Lipinski definition) is 8. The molecule has 40 heavy (non-hydrogen) atoms. The van der Waals surface area contributed by atoms with Crippen molar-refractivity contribution >= 4 is 29.3 Å². The number of carbonyl (C=O) groups excluding carboxylic acids is 4. The zero-order chi connectivity index (χ0) is 28.2. The largest absolute Gasteiger partial charge is 0.353 e. The lowest BCUT2D eigenvalue weighted by Crippen LogP contribution is -2.58. The van der Waals surface area contributed by atoms with Crippen molar-refractivity contribution in [3.63, 3.8) is 0 Å². The average molecular weight is 549 g/mol. The summed E-state index contributed by atoms with van der Waals surface area (Å²) in [7, 11) is 0. The van der Waals surface area contributed by atoms with E-state index in [0.717, 1.165) is 16.8 Å². The summed E-state index contributed by atoms with van der Waals surface area (Å²) in [5, 5.41) is 8.69. The van der Waals surface area contributed by atoms with E-state index in [1.807, 2.05) is 32.0 Å². The second-order valence-electron chi connectivity index (χ2n) is 10.6. The van der Waals surface area contributed by atoms with E-state index in [2.05, 4.69) is 37.3 Å². The summed E-state index contributed by atoms with van der Waals surface area (Å²) in [6, 6.07) is 8.48. The number of hydrazine groups is 2. The minimum absolute atomic E-state index is 0.0222. The van der Waals surface area contributed by atoms with Crippen LogP contribution in [0.25, 0.3) is 0 Å². The molecule has 0 saturated carbocycles. The van der Waals surface area contributed by atoms with Crippen LogP contribution < -0.4 is 37.2 Å². The third-order valence-electron chi connectivity index (χ3n) is 7.94. The van der Waals surface area contributed by atoms with Crippen LogP contribution >= 0.6 is 0 Å². The number of nitrogens with one attached hydrogen (secondary N) is 6. The van der Waals surface area contributed by atoms with Crippen LogP contribution in [0.2, 0.25) is 0 Å². The average Bonchev–Trinajstić information content (AvgIpc) is 3.61. The fraction of sp³-hybridized carbons (Fsp3) is 0.464. The van der Waals surface area contributed by atoms with E-state index in [1.54, 1.807) is 23.1 Å². The van der Waals surface area contributed by atoms with Gasteiger partial charge in [-0.05, 0) is 42.0 Å². The van der Waals surface area contributed by atoms with Crippen LogP contribution in [0.1, 0.15) is 48.3 Å². The highest BCUT2D eigenvalue weighted by Gasteiger charge is 2.44. The van der Waals surface area contributed by atoms with Gasteiger partial charge in [-0.3, -0.25) is 29.1 Å². The van der Waals surface area contributed by atoms with Crippen molar-refractivity contribution in [1.82, 2.24) is 37.3 Å². The molecule has 12 nitrogen and oxygen atoms in total. The fourth-order valence-corrected chi connectivity index (χ4v) is 5.49. The van der Waals surface area contributed by atoms with Crippen LogP contribution in [-0.2, 0) is 27.2 Å². The Balaban J connectivity index is 1.33. The lowest BCUT2D eigenvalue weighted by Gasteiger charge is -2.30. The molecule has 12 heteroatoms. The molecular formula is C28H36N8O4. The topological polar surface area (TPSA) is 157 Å². The zero-order valence-electron chi connectivity index (χ0n) is 22.7. The first-order chi connectivity index (χ1) is 19.4. The number of pyridine rings is 1. The zero-order valence-corrected chi connectivity index (χ0v) is 22.7. The van der Waals surface area contributed by atoms with E-state index in [1.165, 1.54) is 6.20 Å². The van der Waals surface area contributed by atoms with Crippen molar-refractivity contribution in [3.05, 3.63) is 59.4 Å². The summed E-state index contributed by atoms with van der Waals surface area (Å²) in [6.45, 7) is 4.87. The molecule has 3 aliphatic rings.